The maximum Gasteiger partial charge on any atom is 0.107 e. The van der Waals surface area contributed by atoms with Crippen LogP contribution in [-0.4, -0.2) is 10.1 Å². The minimum Gasteiger partial charge on any atom is -0.386 e. The Morgan fingerprint density at radius 3 is 2.07 bits per heavy atom. The molecule has 0 saturated heterocycles. The first kappa shape index (κ1) is 18.4. The monoisotopic (exact) mass is 383 g/mol. The van der Waals surface area contributed by atoms with Crippen LogP contribution < -0.4 is 5.32 Å². The second-order valence-corrected chi connectivity index (χ2v) is 7.15. The molecule has 3 heteroatoms. The Morgan fingerprint density at radius 1 is 0.714 bits per heavy atom. The number of aliphatic hydroxyl groups is 1. The Labute approximate surface area is 170 Å². The average Bonchev–Trinajstić information content (AvgIpc) is 2.77. The lowest BCUT2D eigenvalue weighted by Crippen LogP contribution is -2.32. The number of hydrogen-bond donors (Lipinski definition) is 2. The van der Waals surface area contributed by atoms with Crippen LogP contribution in [0.4, 0.5) is 0 Å². The van der Waals surface area contributed by atoms with Gasteiger partial charge in [0.05, 0.1) is 6.04 Å². The van der Waals surface area contributed by atoms with E-state index in [1.54, 1.807) is 0 Å². The van der Waals surface area contributed by atoms with Gasteiger partial charge in [-0.2, -0.15) is 0 Å². The van der Waals surface area contributed by atoms with Gasteiger partial charge in [-0.3, -0.25) is 0 Å². The van der Waals surface area contributed by atoms with Crippen molar-refractivity contribution in [3.63, 3.8) is 0 Å². The van der Waals surface area contributed by atoms with E-state index in [2.05, 4.69) is 17.4 Å². The van der Waals surface area contributed by atoms with Gasteiger partial charge < -0.3 is 10.4 Å². The maximum atomic E-state index is 11.4. The number of thiocarbonyl (C=S) groups is 1. The normalized spacial score (nSPS) is 13.0. The summed E-state index contributed by atoms with van der Waals surface area (Å²) >= 11 is 5.64. The van der Waals surface area contributed by atoms with Gasteiger partial charge in [-0.1, -0.05) is 115 Å². The summed E-state index contributed by atoms with van der Waals surface area (Å²) in [6, 6.07) is 33.6. The van der Waals surface area contributed by atoms with E-state index in [1.807, 2.05) is 91.0 Å². The van der Waals surface area contributed by atoms with Gasteiger partial charge in [0.2, 0.25) is 0 Å². The van der Waals surface area contributed by atoms with Crippen LogP contribution in [0.15, 0.2) is 103 Å². The molecule has 0 fully saturated rings. The topological polar surface area (TPSA) is 32.3 Å². The van der Waals surface area contributed by atoms with Crippen LogP contribution in [0.25, 0.3) is 10.8 Å². The second kappa shape index (κ2) is 8.34. The minimum absolute atomic E-state index is 0.361. The molecule has 2 N–H and O–H groups in total. The Morgan fingerprint density at radius 2 is 1.32 bits per heavy atom. The molecule has 0 aliphatic rings. The van der Waals surface area contributed by atoms with Crippen molar-refractivity contribution in [3.8, 4) is 0 Å². The average molecular weight is 384 g/mol. The fourth-order valence-electron chi connectivity index (χ4n) is 3.51. The van der Waals surface area contributed by atoms with Crippen molar-refractivity contribution < 1.29 is 5.11 Å². The largest absolute Gasteiger partial charge is 0.386 e. The summed E-state index contributed by atoms with van der Waals surface area (Å²) in [5.41, 5.74) is 2.81. The number of nitrogens with one attached hydrogen (secondary N) is 1. The highest BCUT2D eigenvalue weighted by atomic mass is 32.1. The predicted molar refractivity (Wildman–Crippen MR) is 119 cm³/mol. The van der Waals surface area contributed by atoms with Gasteiger partial charge in [0.25, 0.3) is 0 Å². The van der Waals surface area contributed by atoms with E-state index in [0.29, 0.717) is 4.99 Å². The van der Waals surface area contributed by atoms with Gasteiger partial charge in [0.1, 0.15) is 11.1 Å². The molecule has 0 bridgehead atoms. The Kier molecular flexibility index (Phi) is 5.47. The van der Waals surface area contributed by atoms with Gasteiger partial charge in [-0.15, -0.1) is 0 Å². The number of fused-ring (bicyclic) bond motifs is 1. The molecule has 4 aromatic rings. The molecule has 28 heavy (non-hydrogen) atoms. The van der Waals surface area contributed by atoms with Gasteiger partial charge in [0, 0.05) is 5.56 Å². The molecule has 0 aliphatic heterocycles. The van der Waals surface area contributed by atoms with Crippen molar-refractivity contribution in [3.05, 3.63) is 120 Å². The third-order valence-corrected chi connectivity index (χ3v) is 5.29. The van der Waals surface area contributed by atoms with Crippen LogP contribution in [0.1, 0.15) is 28.8 Å². The standard InChI is InChI=1S/C25H21NOS/c27-24(22-17-9-15-18-10-7-8-16-21(18)22)23(19-11-3-1-4-12-19)26-25(28)20-13-5-2-6-14-20/h1-17,23-24,27H,(H,26,28). The first-order chi connectivity index (χ1) is 13.7. The molecule has 0 spiro atoms. The van der Waals surface area contributed by atoms with Crippen molar-refractivity contribution >= 4 is 28.0 Å². The van der Waals surface area contributed by atoms with Crippen molar-refractivity contribution in [2.75, 3.05) is 0 Å². The molecule has 2 nitrogen and oxygen atoms in total. The summed E-state index contributed by atoms with van der Waals surface area (Å²) in [5.74, 6) is 0. The van der Waals surface area contributed by atoms with E-state index in [9.17, 15) is 5.11 Å². The Bertz CT molecular complexity index is 1070. The molecular weight excluding hydrogens is 362 g/mol. The van der Waals surface area contributed by atoms with E-state index >= 15 is 0 Å². The van der Waals surface area contributed by atoms with Crippen LogP contribution in [0.2, 0.25) is 0 Å². The molecule has 0 saturated carbocycles. The maximum absolute atomic E-state index is 11.4. The first-order valence-electron chi connectivity index (χ1n) is 9.30. The van der Waals surface area contributed by atoms with Crippen LogP contribution in [0.5, 0.6) is 0 Å². The lowest BCUT2D eigenvalue weighted by Gasteiger charge is -2.27. The zero-order chi connectivity index (χ0) is 19.3. The first-order valence-corrected chi connectivity index (χ1v) is 9.71. The third-order valence-electron chi connectivity index (χ3n) is 4.94. The summed E-state index contributed by atoms with van der Waals surface area (Å²) in [6.07, 6.45) is -0.754. The van der Waals surface area contributed by atoms with E-state index < -0.39 is 6.10 Å². The van der Waals surface area contributed by atoms with Gasteiger partial charge in [-0.05, 0) is 21.9 Å². The quantitative estimate of drug-likeness (QED) is 0.441. The van der Waals surface area contributed by atoms with Crippen LogP contribution >= 0.6 is 12.2 Å². The molecule has 2 unspecified atom stereocenters. The summed E-state index contributed by atoms with van der Waals surface area (Å²) < 4.78 is 0. The van der Waals surface area contributed by atoms with Gasteiger partial charge in [0.15, 0.2) is 0 Å². The third kappa shape index (κ3) is 3.81. The lowest BCUT2D eigenvalue weighted by molar-refractivity contribution is 0.140. The smallest absolute Gasteiger partial charge is 0.107 e. The highest BCUT2D eigenvalue weighted by molar-refractivity contribution is 7.80. The molecular formula is C25H21NOS. The zero-order valence-corrected chi connectivity index (χ0v) is 16.1. The van der Waals surface area contributed by atoms with Crippen molar-refractivity contribution in [2.24, 2.45) is 0 Å². The van der Waals surface area contributed by atoms with Gasteiger partial charge in [-0.25, -0.2) is 0 Å². The van der Waals surface area contributed by atoms with Crippen LogP contribution in [0.3, 0.4) is 0 Å². The summed E-state index contributed by atoms with van der Waals surface area (Å²) in [4.78, 5) is 0.619. The molecule has 0 aromatic heterocycles. The molecule has 0 aliphatic carbocycles. The molecule has 4 aromatic carbocycles. The molecule has 0 amide bonds. The van der Waals surface area contributed by atoms with Crippen molar-refractivity contribution in [1.29, 1.82) is 0 Å². The summed E-state index contributed by atoms with van der Waals surface area (Å²) in [7, 11) is 0. The molecule has 0 heterocycles. The number of aliphatic hydroxyl groups excluding tert-OH is 1. The van der Waals surface area contributed by atoms with Crippen LogP contribution in [-0.2, 0) is 0 Å². The molecule has 2 atom stereocenters. The molecule has 4 rings (SSSR count). The van der Waals surface area contributed by atoms with Gasteiger partial charge >= 0.3 is 0 Å². The number of benzene rings is 4. The van der Waals surface area contributed by atoms with E-state index in [-0.39, 0.29) is 6.04 Å². The van der Waals surface area contributed by atoms with Crippen molar-refractivity contribution in [1.82, 2.24) is 5.32 Å². The zero-order valence-electron chi connectivity index (χ0n) is 15.3. The fraction of sp³-hybridized carbons (Fsp3) is 0.0800. The fourth-order valence-corrected chi connectivity index (χ4v) is 3.77. The minimum atomic E-state index is -0.754. The van der Waals surface area contributed by atoms with E-state index in [4.69, 9.17) is 12.2 Å². The summed E-state index contributed by atoms with van der Waals surface area (Å²) in [5, 5.41) is 17.0. The number of rotatable bonds is 5. The van der Waals surface area contributed by atoms with Crippen LogP contribution in [0, 0.1) is 0 Å². The predicted octanol–water partition coefficient (Wildman–Crippen LogP) is 5.58. The molecule has 0 radical (unpaired) electrons. The Hall–Kier alpha value is -3.01. The second-order valence-electron chi connectivity index (χ2n) is 6.74. The lowest BCUT2D eigenvalue weighted by atomic mass is 9.92. The van der Waals surface area contributed by atoms with E-state index in [0.717, 1.165) is 27.5 Å². The van der Waals surface area contributed by atoms with Crippen molar-refractivity contribution in [2.45, 2.75) is 12.1 Å². The highest BCUT2D eigenvalue weighted by Crippen LogP contribution is 2.33. The number of hydrogen-bond acceptors (Lipinski definition) is 2. The highest BCUT2D eigenvalue weighted by Gasteiger charge is 2.25. The molecule has 138 valence electrons. The SMILES string of the molecule is OC(c1cccc2ccccc12)C(NC(=S)c1ccccc1)c1ccccc1. The van der Waals surface area contributed by atoms with E-state index in [1.165, 1.54) is 0 Å². The Balaban J connectivity index is 1.74. The summed E-state index contributed by atoms with van der Waals surface area (Å²) in [6.45, 7) is 0.